The molecule has 5 heteroatoms. The average molecular weight is 251 g/mol. The molecular weight excluding hydrogens is 230 g/mol. The molecule has 0 amide bonds. The lowest BCUT2D eigenvalue weighted by Crippen LogP contribution is -2.29. The summed E-state index contributed by atoms with van der Waals surface area (Å²) in [7, 11) is 0. The lowest BCUT2D eigenvalue weighted by atomic mass is 9.79. The molecule has 1 aliphatic carbocycles. The number of hydrogen-bond donors (Lipinski definition) is 3. The number of aryl methyl sites for hydroxylation is 1. The lowest BCUT2D eigenvalue weighted by molar-refractivity contribution is 0.141. The predicted octanol–water partition coefficient (Wildman–Crippen LogP) is 1.29. The number of aliphatic hydroxyl groups excluding tert-OH is 1. The number of aromatic amines is 1. The van der Waals surface area contributed by atoms with Crippen molar-refractivity contribution in [2.75, 3.05) is 18.5 Å². The first-order chi connectivity index (χ1) is 8.69. The zero-order valence-electron chi connectivity index (χ0n) is 10.8. The highest BCUT2D eigenvalue weighted by molar-refractivity contribution is 5.32. The Hall–Kier alpha value is -1.36. The van der Waals surface area contributed by atoms with Crippen molar-refractivity contribution >= 4 is 5.82 Å². The molecule has 2 atom stereocenters. The third kappa shape index (κ3) is 3.32. The molecule has 1 aromatic rings. The van der Waals surface area contributed by atoms with Crippen LogP contribution in [0.5, 0.6) is 0 Å². The first-order valence-electron chi connectivity index (χ1n) is 6.61. The van der Waals surface area contributed by atoms with Gasteiger partial charge in [-0.3, -0.25) is 4.79 Å². The Morgan fingerprint density at radius 3 is 2.83 bits per heavy atom. The van der Waals surface area contributed by atoms with Crippen LogP contribution in [0.3, 0.4) is 0 Å². The zero-order valence-corrected chi connectivity index (χ0v) is 10.8. The van der Waals surface area contributed by atoms with Crippen LogP contribution in [0.4, 0.5) is 5.82 Å². The van der Waals surface area contributed by atoms with E-state index in [-0.39, 0.29) is 12.2 Å². The van der Waals surface area contributed by atoms with E-state index >= 15 is 0 Å². The lowest BCUT2D eigenvalue weighted by Gasteiger charge is -2.30. The highest BCUT2D eigenvalue weighted by atomic mass is 16.3. The Morgan fingerprint density at radius 2 is 2.17 bits per heavy atom. The van der Waals surface area contributed by atoms with Gasteiger partial charge in [-0.1, -0.05) is 12.8 Å². The van der Waals surface area contributed by atoms with Crippen LogP contribution < -0.4 is 10.9 Å². The highest BCUT2D eigenvalue weighted by Gasteiger charge is 2.24. The van der Waals surface area contributed by atoms with Gasteiger partial charge in [0.2, 0.25) is 0 Å². The van der Waals surface area contributed by atoms with Gasteiger partial charge >= 0.3 is 0 Å². The SMILES string of the molecule is Cc1nc(NCC2CCCCC2CO)cc(=O)[nH]1. The fourth-order valence-corrected chi connectivity index (χ4v) is 2.70. The summed E-state index contributed by atoms with van der Waals surface area (Å²) in [6, 6.07) is 1.48. The second-order valence-electron chi connectivity index (χ2n) is 5.08. The molecular formula is C13H21N3O2. The van der Waals surface area contributed by atoms with Crippen LogP contribution in [0.2, 0.25) is 0 Å². The molecule has 1 aromatic heterocycles. The number of nitrogens with zero attached hydrogens (tertiary/aromatic N) is 1. The average Bonchev–Trinajstić information content (AvgIpc) is 2.35. The van der Waals surface area contributed by atoms with Gasteiger partial charge in [0.25, 0.3) is 5.56 Å². The van der Waals surface area contributed by atoms with Crippen molar-refractivity contribution in [1.82, 2.24) is 9.97 Å². The second kappa shape index (κ2) is 6.00. The van der Waals surface area contributed by atoms with Crippen molar-refractivity contribution in [1.29, 1.82) is 0 Å². The van der Waals surface area contributed by atoms with Gasteiger partial charge in [0.1, 0.15) is 11.6 Å². The highest BCUT2D eigenvalue weighted by Crippen LogP contribution is 2.29. The number of nitrogens with one attached hydrogen (secondary N) is 2. The molecule has 0 aromatic carbocycles. The summed E-state index contributed by atoms with van der Waals surface area (Å²) in [5.41, 5.74) is -0.132. The van der Waals surface area contributed by atoms with Crippen molar-refractivity contribution in [3.8, 4) is 0 Å². The first-order valence-corrected chi connectivity index (χ1v) is 6.61. The van der Waals surface area contributed by atoms with Crippen LogP contribution >= 0.6 is 0 Å². The molecule has 3 N–H and O–H groups in total. The Kier molecular flexibility index (Phi) is 4.36. The molecule has 1 saturated carbocycles. The number of anilines is 1. The minimum Gasteiger partial charge on any atom is -0.396 e. The largest absolute Gasteiger partial charge is 0.396 e. The third-order valence-electron chi connectivity index (χ3n) is 3.71. The van der Waals surface area contributed by atoms with Gasteiger partial charge in [-0.2, -0.15) is 0 Å². The van der Waals surface area contributed by atoms with Crippen LogP contribution in [-0.4, -0.2) is 28.2 Å². The van der Waals surface area contributed by atoms with E-state index in [0.29, 0.717) is 23.5 Å². The van der Waals surface area contributed by atoms with E-state index in [1.165, 1.54) is 18.9 Å². The van der Waals surface area contributed by atoms with Crippen LogP contribution in [-0.2, 0) is 0 Å². The maximum atomic E-state index is 11.3. The maximum Gasteiger partial charge on any atom is 0.252 e. The summed E-state index contributed by atoms with van der Waals surface area (Å²) in [6.07, 6.45) is 4.68. The molecule has 0 saturated heterocycles. The Bertz CT molecular complexity index is 444. The van der Waals surface area contributed by atoms with Crippen molar-refractivity contribution in [3.63, 3.8) is 0 Å². The minimum atomic E-state index is -0.132. The van der Waals surface area contributed by atoms with Crippen molar-refractivity contribution in [2.45, 2.75) is 32.6 Å². The van der Waals surface area contributed by atoms with Gasteiger partial charge in [-0.15, -0.1) is 0 Å². The fourth-order valence-electron chi connectivity index (χ4n) is 2.70. The molecule has 2 rings (SSSR count). The summed E-state index contributed by atoms with van der Waals surface area (Å²) in [4.78, 5) is 18.2. The molecule has 0 radical (unpaired) electrons. The van der Waals surface area contributed by atoms with E-state index in [1.807, 2.05) is 0 Å². The van der Waals surface area contributed by atoms with Gasteiger partial charge in [0.05, 0.1) is 0 Å². The van der Waals surface area contributed by atoms with Gasteiger partial charge < -0.3 is 15.4 Å². The quantitative estimate of drug-likeness (QED) is 0.753. The van der Waals surface area contributed by atoms with E-state index in [1.54, 1.807) is 6.92 Å². The summed E-state index contributed by atoms with van der Waals surface area (Å²) in [6.45, 7) is 2.80. The molecule has 1 aliphatic rings. The maximum absolute atomic E-state index is 11.3. The number of hydrogen-bond acceptors (Lipinski definition) is 4. The molecule has 5 nitrogen and oxygen atoms in total. The minimum absolute atomic E-state index is 0.132. The van der Waals surface area contributed by atoms with E-state index < -0.39 is 0 Å². The Balaban J connectivity index is 1.95. The number of aromatic nitrogens is 2. The van der Waals surface area contributed by atoms with Gasteiger partial charge in [0, 0.05) is 19.2 Å². The topological polar surface area (TPSA) is 78.0 Å². The van der Waals surface area contributed by atoms with Crippen LogP contribution in [0.25, 0.3) is 0 Å². The fraction of sp³-hybridized carbons (Fsp3) is 0.692. The van der Waals surface area contributed by atoms with Crippen LogP contribution in [0, 0.1) is 18.8 Å². The Labute approximate surface area is 107 Å². The second-order valence-corrected chi connectivity index (χ2v) is 5.08. The first kappa shape index (κ1) is 13.1. The smallest absolute Gasteiger partial charge is 0.252 e. The number of H-pyrrole nitrogens is 1. The van der Waals surface area contributed by atoms with Crippen molar-refractivity contribution < 1.29 is 5.11 Å². The molecule has 1 heterocycles. The number of aliphatic hydroxyl groups is 1. The predicted molar refractivity (Wildman–Crippen MR) is 70.6 cm³/mol. The third-order valence-corrected chi connectivity index (χ3v) is 3.71. The van der Waals surface area contributed by atoms with Crippen molar-refractivity contribution in [3.05, 3.63) is 22.2 Å². The summed E-state index contributed by atoms with van der Waals surface area (Å²) < 4.78 is 0. The van der Waals surface area contributed by atoms with Crippen LogP contribution in [0.1, 0.15) is 31.5 Å². The molecule has 0 spiro atoms. The molecule has 18 heavy (non-hydrogen) atoms. The van der Waals surface area contributed by atoms with Gasteiger partial charge in [0.15, 0.2) is 0 Å². The summed E-state index contributed by atoms with van der Waals surface area (Å²) in [5.74, 6) is 2.10. The van der Waals surface area contributed by atoms with E-state index in [0.717, 1.165) is 19.4 Å². The molecule has 2 unspecified atom stereocenters. The molecule has 1 fully saturated rings. The monoisotopic (exact) mass is 251 g/mol. The van der Waals surface area contributed by atoms with Crippen molar-refractivity contribution in [2.24, 2.45) is 11.8 Å². The van der Waals surface area contributed by atoms with E-state index in [2.05, 4.69) is 15.3 Å². The normalized spacial score (nSPS) is 23.9. The van der Waals surface area contributed by atoms with Gasteiger partial charge in [-0.05, 0) is 31.6 Å². The number of rotatable bonds is 4. The van der Waals surface area contributed by atoms with Gasteiger partial charge in [-0.25, -0.2) is 4.98 Å². The molecule has 0 aliphatic heterocycles. The van der Waals surface area contributed by atoms with E-state index in [9.17, 15) is 9.90 Å². The summed E-state index contributed by atoms with van der Waals surface area (Å²) in [5, 5.41) is 12.6. The van der Waals surface area contributed by atoms with E-state index in [4.69, 9.17) is 0 Å². The standard InChI is InChI=1S/C13H21N3O2/c1-9-15-12(6-13(18)16-9)14-7-10-4-2-3-5-11(10)8-17/h6,10-11,17H,2-5,7-8H2,1H3,(H2,14,15,16,18). The summed E-state index contributed by atoms with van der Waals surface area (Å²) >= 11 is 0. The van der Waals surface area contributed by atoms with Crippen LogP contribution in [0.15, 0.2) is 10.9 Å². The molecule has 0 bridgehead atoms. The molecule has 100 valence electrons. The zero-order chi connectivity index (χ0) is 13.0. The Morgan fingerprint density at radius 1 is 1.44 bits per heavy atom.